The number of carbonyl (C=O) groups is 1. The van der Waals surface area contributed by atoms with Gasteiger partial charge in [-0.05, 0) is 5.92 Å². The Morgan fingerprint density at radius 3 is 2.54 bits per heavy atom. The minimum Gasteiger partial charge on any atom is -0.480 e. The van der Waals surface area contributed by atoms with Crippen molar-refractivity contribution in [1.82, 2.24) is 10.9 Å². The number of thiol groups is 1. The molecule has 0 spiro atoms. The molecule has 0 aromatic heterocycles. The first-order valence-electron chi connectivity index (χ1n) is 3.96. The Morgan fingerprint density at radius 2 is 2.23 bits per heavy atom. The number of aliphatic carboxylic acids is 1. The zero-order valence-corrected chi connectivity index (χ0v) is 9.28. The second kappa shape index (κ2) is 6.17. The van der Waals surface area contributed by atoms with E-state index >= 15 is 0 Å². The number of carboxylic acids is 1. The molecule has 0 heterocycles. The Balaban J connectivity index is 4.10. The molecule has 76 valence electrons. The van der Waals surface area contributed by atoms with Crippen molar-refractivity contribution in [3.8, 4) is 0 Å². The normalized spacial score (nSPS) is 14.7. The topological polar surface area (TPSA) is 61.4 Å². The Bertz CT molecular complexity index is 199. The monoisotopic (exact) mass is 222 g/mol. The molecule has 0 aromatic carbocycles. The molecule has 0 amide bonds. The van der Waals surface area contributed by atoms with Gasteiger partial charge in [-0.1, -0.05) is 32.5 Å². The van der Waals surface area contributed by atoms with Gasteiger partial charge < -0.3 is 10.5 Å². The van der Waals surface area contributed by atoms with Crippen molar-refractivity contribution in [1.29, 1.82) is 0 Å². The highest BCUT2D eigenvalue weighted by Gasteiger charge is 2.22. The van der Waals surface area contributed by atoms with E-state index in [9.17, 15) is 4.79 Å². The van der Waals surface area contributed by atoms with E-state index in [1.54, 1.807) is 0 Å². The molecule has 6 heteroatoms. The lowest BCUT2D eigenvalue weighted by Gasteiger charge is -2.20. The Hall–Kier alpha value is -0.330. The molecule has 3 N–H and O–H groups in total. The fraction of sp³-hybridized carbons (Fsp3) is 0.714. The lowest BCUT2D eigenvalue weighted by atomic mass is 10.0. The highest BCUT2D eigenvalue weighted by Crippen LogP contribution is 2.06. The van der Waals surface area contributed by atoms with Crippen LogP contribution in [0.4, 0.5) is 0 Å². The number of rotatable bonds is 5. The maximum Gasteiger partial charge on any atom is 0.322 e. The van der Waals surface area contributed by atoms with Gasteiger partial charge in [-0.3, -0.25) is 4.79 Å². The fourth-order valence-electron chi connectivity index (χ4n) is 0.823. The second-order valence-electron chi connectivity index (χ2n) is 2.78. The van der Waals surface area contributed by atoms with Crippen LogP contribution in [0.15, 0.2) is 0 Å². The summed E-state index contributed by atoms with van der Waals surface area (Å²) in [6.07, 6.45) is 0.783. The van der Waals surface area contributed by atoms with Crippen molar-refractivity contribution >= 4 is 35.1 Å². The predicted octanol–water partition coefficient (Wildman–Crippen LogP) is 0.795. The summed E-state index contributed by atoms with van der Waals surface area (Å²) in [6, 6.07) is -0.643. The molecular formula is C7H14N2O2S2. The van der Waals surface area contributed by atoms with Crippen LogP contribution < -0.4 is 10.9 Å². The average Bonchev–Trinajstić information content (AvgIpc) is 2.03. The van der Waals surface area contributed by atoms with Crippen molar-refractivity contribution in [2.75, 3.05) is 0 Å². The Kier molecular flexibility index (Phi) is 6.02. The van der Waals surface area contributed by atoms with Gasteiger partial charge in [0.15, 0.2) is 0 Å². The van der Waals surface area contributed by atoms with E-state index in [2.05, 4.69) is 35.7 Å². The number of hydrazine groups is 1. The first-order valence-corrected chi connectivity index (χ1v) is 4.81. The van der Waals surface area contributed by atoms with E-state index in [4.69, 9.17) is 5.11 Å². The largest absolute Gasteiger partial charge is 0.480 e. The van der Waals surface area contributed by atoms with Gasteiger partial charge in [0.05, 0.1) is 0 Å². The van der Waals surface area contributed by atoms with Gasteiger partial charge in [-0.2, -0.15) is 0 Å². The number of hydrogen-bond donors (Lipinski definition) is 4. The summed E-state index contributed by atoms with van der Waals surface area (Å²) >= 11 is 8.42. The molecule has 0 fully saturated rings. The van der Waals surface area contributed by atoms with Gasteiger partial charge in [-0.15, -0.1) is 12.6 Å². The lowest BCUT2D eigenvalue weighted by Crippen LogP contribution is -2.49. The molecule has 0 bridgehead atoms. The van der Waals surface area contributed by atoms with E-state index < -0.39 is 12.0 Å². The molecule has 0 saturated heterocycles. The smallest absolute Gasteiger partial charge is 0.322 e. The molecule has 0 aliphatic rings. The summed E-state index contributed by atoms with van der Waals surface area (Å²) < 4.78 is 0.231. The van der Waals surface area contributed by atoms with Crippen LogP contribution in [-0.4, -0.2) is 21.4 Å². The molecule has 2 atom stereocenters. The highest BCUT2D eigenvalue weighted by molar-refractivity contribution is 8.11. The van der Waals surface area contributed by atoms with Crippen LogP contribution in [0.5, 0.6) is 0 Å². The van der Waals surface area contributed by atoms with Gasteiger partial charge in [0.25, 0.3) is 0 Å². The molecular weight excluding hydrogens is 208 g/mol. The summed E-state index contributed by atoms with van der Waals surface area (Å²) in [6.45, 7) is 3.79. The van der Waals surface area contributed by atoms with Crippen LogP contribution in [0.3, 0.4) is 0 Å². The predicted molar refractivity (Wildman–Crippen MR) is 58.7 cm³/mol. The van der Waals surface area contributed by atoms with E-state index in [1.807, 2.05) is 13.8 Å². The number of thiocarbonyl (C=S) groups is 1. The van der Waals surface area contributed by atoms with Crippen LogP contribution >= 0.6 is 24.8 Å². The van der Waals surface area contributed by atoms with E-state index in [-0.39, 0.29) is 10.2 Å². The third kappa shape index (κ3) is 5.07. The SMILES string of the molecule is CC[C@H](C)[C@H](NNC(=S)S)C(=O)O. The average molecular weight is 222 g/mol. The number of carboxylic acid groups (broad SMARTS) is 1. The molecule has 0 aliphatic heterocycles. The third-order valence-corrected chi connectivity index (χ3v) is 2.03. The van der Waals surface area contributed by atoms with Crippen molar-refractivity contribution in [2.45, 2.75) is 26.3 Å². The molecule has 0 radical (unpaired) electrons. The summed E-state index contributed by atoms with van der Waals surface area (Å²) in [5.41, 5.74) is 5.11. The molecule has 0 saturated carbocycles. The Morgan fingerprint density at radius 1 is 1.69 bits per heavy atom. The molecule has 4 nitrogen and oxygen atoms in total. The lowest BCUT2D eigenvalue weighted by molar-refractivity contribution is -0.141. The van der Waals surface area contributed by atoms with Gasteiger partial charge in [0, 0.05) is 0 Å². The van der Waals surface area contributed by atoms with Gasteiger partial charge in [0.2, 0.25) is 0 Å². The third-order valence-electron chi connectivity index (χ3n) is 1.81. The zero-order valence-electron chi connectivity index (χ0n) is 7.57. The standard InChI is InChI=1S/C7H14N2O2S2/c1-3-4(2)5(6(10)11)8-9-7(12)13/h4-5,8H,3H2,1-2H3,(H,10,11)(H2,9,12,13)/t4-,5-/m0/s1. The summed E-state index contributed by atoms with van der Waals surface area (Å²) in [5.74, 6) is -0.862. The number of nitrogens with one attached hydrogen (secondary N) is 2. The molecule has 0 aromatic rings. The quantitative estimate of drug-likeness (QED) is 0.315. The summed E-state index contributed by atoms with van der Waals surface area (Å²) in [5, 5.41) is 8.82. The zero-order chi connectivity index (χ0) is 10.4. The first-order chi connectivity index (χ1) is 5.99. The van der Waals surface area contributed by atoms with Crippen LogP contribution in [0, 0.1) is 5.92 Å². The minimum atomic E-state index is -0.897. The van der Waals surface area contributed by atoms with Gasteiger partial charge >= 0.3 is 5.97 Å². The Labute approximate surface area is 88.5 Å². The molecule has 0 rings (SSSR count). The second-order valence-corrected chi connectivity index (χ2v) is 3.93. The summed E-state index contributed by atoms with van der Waals surface area (Å²) in [4.78, 5) is 10.7. The maximum absolute atomic E-state index is 10.7. The van der Waals surface area contributed by atoms with E-state index in [0.29, 0.717) is 0 Å². The minimum absolute atomic E-state index is 0.0349. The summed E-state index contributed by atoms with van der Waals surface area (Å²) in [7, 11) is 0. The van der Waals surface area contributed by atoms with E-state index in [1.165, 1.54) is 0 Å². The molecule has 13 heavy (non-hydrogen) atoms. The number of hydrogen-bond acceptors (Lipinski definition) is 3. The fourth-order valence-corrected chi connectivity index (χ4v) is 0.946. The van der Waals surface area contributed by atoms with Crippen molar-refractivity contribution in [3.63, 3.8) is 0 Å². The van der Waals surface area contributed by atoms with Crippen molar-refractivity contribution < 1.29 is 9.90 Å². The van der Waals surface area contributed by atoms with Crippen molar-refractivity contribution in [2.24, 2.45) is 5.92 Å². The van der Waals surface area contributed by atoms with Gasteiger partial charge in [0.1, 0.15) is 10.4 Å². The van der Waals surface area contributed by atoms with Crippen LogP contribution in [0.25, 0.3) is 0 Å². The van der Waals surface area contributed by atoms with Crippen LogP contribution in [-0.2, 0) is 4.79 Å². The highest BCUT2D eigenvalue weighted by atomic mass is 32.1. The van der Waals surface area contributed by atoms with E-state index in [0.717, 1.165) is 6.42 Å². The van der Waals surface area contributed by atoms with Gasteiger partial charge in [-0.25, -0.2) is 5.43 Å². The van der Waals surface area contributed by atoms with Crippen molar-refractivity contribution in [3.05, 3.63) is 0 Å². The molecule has 0 aliphatic carbocycles. The van der Waals surface area contributed by atoms with Crippen LogP contribution in [0.2, 0.25) is 0 Å². The maximum atomic E-state index is 10.7. The van der Waals surface area contributed by atoms with Crippen LogP contribution in [0.1, 0.15) is 20.3 Å². The first kappa shape index (κ1) is 12.7. The molecule has 0 unspecified atom stereocenters.